The molecule has 0 spiro atoms. The molecule has 116 valence electrons. The Morgan fingerprint density at radius 1 is 0.529 bits per heavy atom. The van der Waals surface area contributed by atoms with Crippen LogP contribution in [0.5, 0.6) is 0 Å². The molecular weight excluding hydrogens is 349 g/mol. The minimum atomic E-state index is -5.25. The summed E-state index contributed by atoms with van der Waals surface area (Å²) in [7, 11) is 0. The summed E-state index contributed by atoms with van der Waals surface area (Å²) in [6, 6.07) is 0. The van der Waals surface area contributed by atoms with Gasteiger partial charge in [0.1, 0.15) is 0 Å². The standard InChI is InChI=1S/2Na.H2O4Se.10H2O.2H/c;;1-5(2,3)4;;;;;;;;;;;;/h;;(H2,1,2,3,4);10*1H2;;/q2*+1;;;;;;;;;;;;2*-1. The Kier molecular flexibility index (Phi) is 898. The van der Waals surface area contributed by atoms with E-state index in [0.717, 1.165) is 0 Å². The molecule has 0 atom stereocenters. The van der Waals surface area contributed by atoms with E-state index in [-0.39, 0.29) is 117 Å². The number of rotatable bonds is 0. The summed E-state index contributed by atoms with van der Waals surface area (Å²) in [4.78, 5) is 0. The maximum Gasteiger partial charge on any atom is 1.00 e. The van der Waals surface area contributed by atoms with Gasteiger partial charge in [-0.25, -0.2) is 0 Å². The molecule has 0 aliphatic carbocycles. The minimum absolute atomic E-state index is 0. The van der Waals surface area contributed by atoms with Crippen LogP contribution < -0.4 is 59.1 Å². The average molecular weight is 373 g/mol. The fraction of sp³-hybridized carbons (Fsp3) is 0. The van der Waals surface area contributed by atoms with Crippen molar-refractivity contribution in [2.75, 3.05) is 0 Å². The largest absolute Gasteiger partial charge is 1.00 e. The van der Waals surface area contributed by atoms with Crippen molar-refractivity contribution in [1.29, 1.82) is 0 Å². The molecule has 0 aliphatic heterocycles. The molecule has 0 unspecified atom stereocenters. The molecule has 14 nitrogen and oxygen atoms in total. The Morgan fingerprint density at radius 2 is 0.529 bits per heavy atom. The Morgan fingerprint density at radius 3 is 0.529 bits per heavy atom. The second-order valence-electron chi connectivity index (χ2n) is 0.448. The van der Waals surface area contributed by atoms with E-state index in [1.165, 1.54) is 0 Å². The summed E-state index contributed by atoms with van der Waals surface area (Å²) in [6.45, 7) is 0. The fourth-order valence-electron chi connectivity index (χ4n) is 0. The molecule has 0 amide bonds. The Labute approximate surface area is 145 Å². The van der Waals surface area contributed by atoms with Gasteiger partial charge >= 0.3 is 88.5 Å². The third kappa shape index (κ3) is 1610. The molecule has 0 heterocycles. The molecule has 0 rings (SSSR count). The Hall–Kier alpha value is 1.64. The molecule has 0 saturated heterocycles. The SMILES string of the molecule is O.O.O.O.O.O.O.O.O.O.O=[Se](=O)(O)O.[H-].[H-].[Na+].[Na+]. The molecule has 0 aromatic carbocycles. The third-order valence-corrected chi connectivity index (χ3v) is 0. The third-order valence-electron chi connectivity index (χ3n) is 0. The first-order valence-corrected chi connectivity index (χ1v) is 3.63. The first-order valence-electron chi connectivity index (χ1n) is 0.698. The minimum Gasteiger partial charge on any atom is -1.00 e. The van der Waals surface area contributed by atoms with E-state index in [9.17, 15) is 0 Å². The molecular formula is H24Na2O14Se. The van der Waals surface area contributed by atoms with Gasteiger partial charge in [0.15, 0.2) is 0 Å². The van der Waals surface area contributed by atoms with Gasteiger partial charge in [0.05, 0.1) is 0 Å². The molecule has 17 heteroatoms. The van der Waals surface area contributed by atoms with Gasteiger partial charge in [0.2, 0.25) is 0 Å². The molecule has 0 radical (unpaired) electrons. The van der Waals surface area contributed by atoms with Crippen LogP contribution in [0.15, 0.2) is 0 Å². The van der Waals surface area contributed by atoms with Crippen molar-refractivity contribution >= 4 is 13.4 Å². The molecule has 22 N–H and O–H groups in total. The van der Waals surface area contributed by atoms with E-state index < -0.39 is 13.4 Å². The van der Waals surface area contributed by atoms with Crippen LogP contribution in [0.25, 0.3) is 0 Å². The topological polar surface area (TPSA) is 390 Å². The summed E-state index contributed by atoms with van der Waals surface area (Å²) in [5.74, 6) is 0. The summed E-state index contributed by atoms with van der Waals surface area (Å²) < 4.78 is 31.9. The second-order valence-corrected chi connectivity index (χ2v) is 2.33. The zero-order valence-electron chi connectivity index (χ0n) is 11.1. The van der Waals surface area contributed by atoms with E-state index in [2.05, 4.69) is 0 Å². The molecule has 0 saturated carbocycles. The monoisotopic (exact) mass is 374 g/mol. The van der Waals surface area contributed by atoms with Crippen LogP contribution in [0.3, 0.4) is 0 Å². The van der Waals surface area contributed by atoms with Gasteiger partial charge in [-0.2, -0.15) is 0 Å². The van der Waals surface area contributed by atoms with E-state index in [0.29, 0.717) is 0 Å². The molecule has 0 aliphatic rings. The van der Waals surface area contributed by atoms with E-state index in [4.69, 9.17) is 16.0 Å². The van der Waals surface area contributed by atoms with E-state index >= 15 is 0 Å². The van der Waals surface area contributed by atoms with Crippen molar-refractivity contribution < 1.29 is 133 Å². The van der Waals surface area contributed by atoms with E-state index in [1.807, 2.05) is 0 Å². The number of hydrogen-bond acceptors (Lipinski definition) is 2. The van der Waals surface area contributed by atoms with E-state index in [1.54, 1.807) is 0 Å². The molecule has 0 aromatic heterocycles. The zero-order chi connectivity index (χ0) is 4.50. The van der Waals surface area contributed by atoms with Gasteiger partial charge in [-0.05, 0) is 0 Å². The van der Waals surface area contributed by atoms with Crippen LogP contribution in [0.4, 0.5) is 0 Å². The maximum atomic E-state index is 8.82. The van der Waals surface area contributed by atoms with Crippen molar-refractivity contribution in [3.05, 3.63) is 0 Å². The van der Waals surface area contributed by atoms with Crippen LogP contribution in [-0.4, -0.2) is 76.5 Å². The first-order chi connectivity index (χ1) is 2.00. The maximum absolute atomic E-state index is 8.82. The van der Waals surface area contributed by atoms with Gasteiger partial charge in [0.25, 0.3) is 0 Å². The molecule has 0 bridgehead atoms. The van der Waals surface area contributed by atoms with Gasteiger partial charge in [-0.1, -0.05) is 0 Å². The fourth-order valence-corrected chi connectivity index (χ4v) is 0. The van der Waals surface area contributed by atoms with Crippen LogP contribution in [0.1, 0.15) is 2.85 Å². The summed E-state index contributed by atoms with van der Waals surface area (Å²) in [5.41, 5.74) is 0. The van der Waals surface area contributed by atoms with Gasteiger partial charge in [-0.3, -0.25) is 0 Å². The van der Waals surface area contributed by atoms with Crippen molar-refractivity contribution in [2.24, 2.45) is 0 Å². The summed E-state index contributed by atoms with van der Waals surface area (Å²) in [5, 5.41) is 0. The Balaban J connectivity index is -0.000000000879. The molecule has 0 aromatic rings. The normalized spacial score (nSPS) is 3.41. The van der Waals surface area contributed by atoms with Crippen molar-refractivity contribution in [2.45, 2.75) is 0 Å². The van der Waals surface area contributed by atoms with Crippen molar-refractivity contribution in [1.82, 2.24) is 0 Å². The van der Waals surface area contributed by atoms with Crippen LogP contribution in [0.2, 0.25) is 0 Å². The zero-order valence-corrected chi connectivity index (χ0v) is 14.8. The van der Waals surface area contributed by atoms with Gasteiger partial charge in [-0.15, -0.1) is 0 Å². The number of hydrogen-bond donors (Lipinski definition) is 2. The van der Waals surface area contributed by atoms with Crippen molar-refractivity contribution in [3.63, 3.8) is 0 Å². The average Bonchev–Trinajstić information content (AvgIpc) is 0.722. The smallest absolute Gasteiger partial charge is 1.00 e. The Bertz CT molecular complexity index is 107. The quantitative estimate of drug-likeness (QED) is 0.390. The second kappa shape index (κ2) is 83.7. The molecule has 17 heavy (non-hydrogen) atoms. The van der Waals surface area contributed by atoms with Gasteiger partial charge < -0.3 is 57.6 Å². The predicted octanol–water partition coefficient (Wildman–Crippen LogP) is -15.7. The van der Waals surface area contributed by atoms with Crippen LogP contribution in [-0.2, 0) is 7.67 Å². The van der Waals surface area contributed by atoms with Crippen molar-refractivity contribution in [3.8, 4) is 0 Å². The van der Waals surface area contributed by atoms with Gasteiger partial charge in [0, 0.05) is 0 Å². The predicted molar refractivity (Wildman–Crippen MR) is 49.9 cm³/mol. The molecule has 0 fully saturated rings. The van der Waals surface area contributed by atoms with Crippen LogP contribution >= 0.6 is 0 Å². The summed E-state index contributed by atoms with van der Waals surface area (Å²) >= 11 is -5.25. The summed E-state index contributed by atoms with van der Waals surface area (Å²) in [6.07, 6.45) is 0. The van der Waals surface area contributed by atoms with Crippen LogP contribution in [0, 0.1) is 0 Å². The first kappa shape index (κ1) is 182.